The van der Waals surface area contributed by atoms with Gasteiger partial charge in [0.15, 0.2) is 11.5 Å². The van der Waals surface area contributed by atoms with E-state index in [0.29, 0.717) is 23.8 Å². The number of rotatable bonds is 5. The van der Waals surface area contributed by atoms with E-state index in [4.69, 9.17) is 9.47 Å². The van der Waals surface area contributed by atoms with Crippen LogP contribution in [0.15, 0.2) is 42.7 Å². The highest BCUT2D eigenvalue weighted by atomic mass is 16.5. The second-order valence-corrected chi connectivity index (χ2v) is 7.23. The molecular formula is C22H25N3O3. The Bertz CT molecular complexity index is 949. The zero-order valence-corrected chi connectivity index (χ0v) is 16.3. The smallest absolute Gasteiger partial charge is 0.227 e. The van der Waals surface area contributed by atoms with Gasteiger partial charge in [0.05, 0.1) is 20.6 Å². The number of nitrogens with one attached hydrogen (secondary N) is 1. The van der Waals surface area contributed by atoms with Crippen molar-refractivity contribution in [2.45, 2.75) is 25.2 Å². The van der Waals surface area contributed by atoms with Crippen LogP contribution in [0.1, 0.15) is 30.0 Å². The summed E-state index contributed by atoms with van der Waals surface area (Å²) >= 11 is 0. The number of carbonyl (C=O) groups excluding carboxylic acids is 1. The van der Waals surface area contributed by atoms with Crippen molar-refractivity contribution in [1.82, 2.24) is 14.9 Å². The van der Waals surface area contributed by atoms with E-state index in [1.807, 2.05) is 35.4 Å². The fourth-order valence-electron chi connectivity index (χ4n) is 3.95. The molecule has 1 unspecified atom stereocenters. The number of carbonyl (C=O) groups is 1. The molecule has 1 aliphatic rings. The minimum Gasteiger partial charge on any atom is -0.493 e. The summed E-state index contributed by atoms with van der Waals surface area (Å²) in [5.41, 5.74) is 3.21. The summed E-state index contributed by atoms with van der Waals surface area (Å²) in [6.45, 7) is 1.55. The Hall–Kier alpha value is -3.02. The molecule has 2 aromatic heterocycles. The van der Waals surface area contributed by atoms with Crippen LogP contribution in [0.3, 0.4) is 0 Å². The molecule has 3 aromatic rings. The van der Waals surface area contributed by atoms with Crippen LogP contribution in [0.5, 0.6) is 11.5 Å². The molecule has 0 radical (unpaired) electrons. The zero-order valence-electron chi connectivity index (χ0n) is 16.3. The molecule has 3 heterocycles. The molecule has 28 heavy (non-hydrogen) atoms. The SMILES string of the molecule is COc1ccc(CC(=O)N2CCCC(c3cc4cnccc4[nH]3)C2)cc1OC. The van der Waals surface area contributed by atoms with Crippen LogP contribution < -0.4 is 9.47 Å². The molecule has 0 aliphatic carbocycles. The van der Waals surface area contributed by atoms with Gasteiger partial charge in [-0.05, 0) is 42.7 Å². The molecule has 0 spiro atoms. The van der Waals surface area contributed by atoms with Crippen LogP contribution in [0, 0.1) is 0 Å². The van der Waals surface area contributed by atoms with E-state index in [2.05, 4.69) is 16.0 Å². The summed E-state index contributed by atoms with van der Waals surface area (Å²) in [7, 11) is 3.21. The molecule has 1 N–H and O–H groups in total. The quantitative estimate of drug-likeness (QED) is 0.736. The number of hydrogen-bond acceptors (Lipinski definition) is 4. The Morgan fingerprint density at radius 2 is 2.07 bits per heavy atom. The highest BCUT2D eigenvalue weighted by Gasteiger charge is 2.26. The highest BCUT2D eigenvalue weighted by Crippen LogP contribution is 2.30. The minimum atomic E-state index is 0.148. The predicted octanol–water partition coefficient (Wildman–Crippen LogP) is 3.53. The van der Waals surface area contributed by atoms with Crippen molar-refractivity contribution in [3.63, 3.8) is 0 Å². The normalized spacial score (nSPS) is 16.9. The standard InChI is InChI=1S/C22H25N3O3/c1-27-20-6-5-15(10-21(20)28-2)11-22(26)25-9-3-4-16(14-25)19-12-17-13-23-8-7-18(17)24-19/h5-8,10,12-13,16,24H,3-4,9,11,14H2,1-2H3. The number of aromatic amines is 1. The molecule has 4 rings (SSSR count). The summed E-state index contributed by atoms with van der Waals surface area (Å²) < 4.78 is 10.6. The Labute approximate surface area is 164 Å². The average molecular weight is 379 g/mol. The van der Waals surface area contributed by atoms with Crippen LogP contribution in [0.4, 0.5) is 0 Å². The van der Waals surface area contributed by atoms with E-state index >= 15 is 0 Å². The monoisotopic (exact) mass is 379 g/mol. The lowest BCUT2D eigenvalue weighted by Gasteiger charge is -2.32. The van der Waals surface area contributed by atoms with Crippen molar-refractivity contribution in [3.05, 3.63) is 54.0 Å². The molecule has 1 saturated heterocycles. The Balaban J connectivity index is 1.46. The highest BCUT2D eigenvalue weighted by molar-refractivity contribution is 5.80. The van der Waals surface area contributed by atoms with Crippen LogP contribution in [0.2, 0.25) is 0 Å². The molecule has 1 atom stereocenters. The topological polar surface area (TPSA) is 67.5 Å². The number of aromatic nitrogens is 2. The Morgan fingerprint density at radius 1 is 1.21 bits per heavy atom. The van der Waals surface area contributed by atoms with Gasteiger partial charge in [0.2, 0.25) is 5.91 Å². The lowest BCUT2D eigenvalue weighted by Crippen LogP contribution is -2.40. The number of pyridine rings is 1. The van der Waals surface area contributed by atoms with Gasteiger partial charge in [-0.2, -0.15) is 0 Å². The van der Waals surface area contributed by atoms with Gasteiger partial charge in [0.1, 0.15) is 0 Å². The minimum absolute atomic E-state index is 0.148. The van der Waals surface area contributed by atoms with E-state index in [0.717, 1.165) is 42.4 Å². The lowest BCUT2D eigenvalue weighted by atomic mass is 9.94. The van der Waals surface area contributed by atoms with Crippen LogP contribution in [-0.4, -0.2) is 48.1 Å². The number of hydrogen-bond donors (Lipinski definition) is 1. The molecule has 6 heteroatoms. The van der Waals surface area contributed by atoms with E-state index in [-0.39, 0.29) is 5.91 Å². The summed E-state index contributed by atoms with van der Waals surface area (Å²) in [5.74, 6) is 1.80. The number of amides is 1. The van der Waals surface area contributed by atoms with Crippen molar-refractivity contribution in [2.75, 3.05) is 27.3 Å². The van der Waals surface area contributed by atoms with Crippen molar-refractivity contribution >= 4 is 16.8 Å². The fraction of sp³-hybridized carbons (Fsp3) is 0.364. The number of methoxy groups -OCH3 is 2. The fourth-order valence-corrected chi connectivity index (χ4v) is 3.95. The van der Waals surface area contributed by atoms with Crippen LogP contribution >= 0.6 is 0 Å². The zero-order chi connectivity index (χ0) is 19.5. The molecule has 6 nitrogen and oxygen atoms in total. The van der Waals surface area contributed by atoms with Crippen LogP contribution in [-0.2, 0) is 11.2 Å². The maximum atomic E-state index is 12.9. The van der Waals surface area contributed by atoms with Gasteiger partial charge in [-0.1, -0.05) is 6.07 Å². The van der Waals surface area contributed by atoms with Crippen molar-refractivity contribution in [1.29, 1.82) is 0 Å². The van der Waals surface area contributed by atoms with Gasteiger partial charge in [-0.25, -0.2) is 0 Å². The molecule has 1 aromatic carbocycles. The summed E-state index contributed by atoms with van der Waals surface area (Å²) in [5, 5.41) is 1.12. The predicted molar refractivity (Wildman–Crippen MR) is 108 cm³/mol. The van der Waals surface area contributed by atoms with Gasteiger partial charge in [-0.3, -0.25) is 9.78 Å². The summed E-state index contributed by atoms with van der Waals surface area (Å²) in [6, 6.07) is 9.80. The van der Waals surface area contributed by atoms with Gasteiger partial charge >= 0.3 is 0 Å². The number of nitrogens with zero attached hydrogens (tertiary/aromatic N) is 2. The lowest BCUT2D eigenvalue weighted by molar-refractivity contribution is -0.131. The van der Waals surface area contributed by atoms with Crippen molar-refractivity contribution in [2.24, 2.45) is 0 Å². The molecule has 146 valence electrons. The summed E-state index contributed by atoms with van der Waals surface area (Å²) in [6.07, 6.45) is 6.13. The third-order valence-corrected chi connectivity index (χ3v) is 5.46. The first-order valence-corrected chi connectivity index (χ1v) is 9.59. The molecule has 0 bridgehead atoms. The van der Waals surface area contributed by atoms with E-state index in [1.165, 1.54) is 5.69 Å². The Kier molecular flexibility index (Phi) is 5.19. The van der Waals surface area contributed by atoms with Gasteiger partial charge < -0.3 is 19.4 Å². The van der Waals surface area contributed by atoms with Gasteiger partial charge in [0.25, 0.3) is 0 Å². The van der Waals surface area contributed by atoms with E-state index in [1.54, 1.807) is 20.4 Å². The molecule has 1 fully saturated rings. The molecule has 1 amide bonds. The number of benzene rings is 1. The second kappa shape index (κ2) is 7.92. The van der Waals surface area contributed by atoms with Crippen molar-refractivity contribution in [3.8, 4) is 11.5 Å². The number of fused-ring (bicyclic) bond motifs is 1. The largest absolute Gasteiger partial charge is 0.493 e. The van der Waals surface area contributed by atoms with Gasteiger partial charge in [0, 0.05) is 48.0 Å². The molecule has 1 aliphatic heterocycles. The molecular weight excluding hydrogens is 354 g/mol. The number of H-pyrrole nitrogens is 1. The second-order valence-electron chi connectivity index (χ2n) is 7.23. The Morgan fingerprint density at radius 3 is 2.86 bits per heavy atom. The first kappa shape index (κ1) is 18.3. The maximum Gasteiger partial charge on any atom is 0.227 e. The number of ether oxygens (including phenoxy) is 2. The number of likely N-dealkylation sites (tertiary alicyclic amines) is 1. The van der Waals surface area contributed by atoms with Crippen LogP contribution in [0.25, 0.3) is 10.9 Å². The third-order valence-electron chi connectivity index (χ3n) is 5.46. The first-order chi connectivity index (χ1) is 13.7. The van der Waals surface area contributed by atoms with E-state index in [9.17, 15) is 4.79 Å². The van der Waals surface area contributed by atoms with Gasteiger partial charge in [-0.15, -0.1) is 0 Å². The number of piperidine rings is 1. The first-order valence-electron chi connectivity index (χ1n) is 9.59. The molecule has 0 saturated carbocycles. The summed E-state index contributed by atoms with van der Waals surface area (Å²) in [4.78, 5) is 22.6. The van der Waals surface area contributed by atoms with Crippen molar-refractivity contribution < 1.29 is 14.3 Å². The third kappa shape index (κ3) is 3.67. The average Bonchev–Trinajstić information content (AvgIpc) is 3.18. The maximum absolute atomic E-state index is 12.9. The van der Waals surface area contributed by atoms with E-state index < -0.39 is 0 Å².